The Bertz CT molecular complexity index is 449. The number of halogens is 2. The van der Waals surface area contributed by atoms with E-state index in [4.69, 9.17) is 4.74 Å². The summed E-state index contributed by atoms with van der Waals surface area (Å²) >= 11 is 0. The van der Waals surface area contributed by atoms with Crippen molar-refractivity contribution in [1.82, 2.24) is 10.2 Å². The maximum Gasteiger partial charge on any atom is 0.257 e. The monoisotopic (exact) mass is 302 g/mol. The lowest BCUT2D eigenvalue weighted by atomic mass is 10.1. The summed E-state index contributed by atoms with van der Waals surface area (Å²) in [4.78, 5) is 14.2. The number of hydrogen-bond acceptors (Lipinski definition) is 3. The van der Waals surface area contributed by atoms with Crippen molar-refractivity contribution >= 4 is 18.3 Å². The van der Waals surface area contributed by atoms with Crippen LogP contribution in [0.3, 0.4) is 0 Å². The Morgan fingerprint density at radius 1 is 1.40 bits per heavy atom. The lowest BCUT2D eigenvalue weighted by Gasteiger charge is -2.21. The quantitative estimate of drug-likeness (QED) is 0.929. The average molecular weight is 303 g/mol. The number of amides is 1. The molecule has 0 unspecified atom stereocenters. The van der Waals surface area contributed by atoms with Crippen LogP contribution in [0, 0.1) is 5.82 Å². The summed E-state index contributed by atoms with van der Waals surface area (Å²) in [6, 6.07) is 4.47. The first kappa shape index (κ1) is 16.7. The Kier molecular flexibility index (Phi) is 6.75. The fraction of sp³-hybridized carbons (Fsp3) is 0.500. The molecule has 0 atom stereocenters. The zero-order valence-corrected chi connectivity index (χ0v) is 12.3. The second-order valence-electron chi connectivity index (χ2n) is 4.45. The van der Waals surface area contributed by atoms with Gasteiger partial charge in [0.1, 0.15) is 0 Å². The SMILES string of the molecule is CCOc1c(F)cccc1C(=O)N1CCCNCC1.Cl. The van der Waals surface area contributed by atoms with Crippen LogP contribution in [-0.4, -0.2) is 43.6 Å². The highest BCUT2D eigenvalue weighted by Crippen LogP contribution is 2.24. The van der Waals surface area contributed by atoms with Crippen molar-refractivity contribution in [3.05, 3.63) is 29.6 Å². The number of rotatable bonds is 3. The van der Waals surface area contributed by atoms with Crippen molar-refractivity contribution in [2.45, 2.75) is 13.3 Å². The van der Waals surface area contributed by atoms with Crippen LogP contribution >= 0.6 is 12.4 Å². The number of carbonyl (C=O) groups is 1. The van der Waals surface area contributed by atoms with Gasteiger partial charge in [0.05, 0.1) is 12.2 Å². The van der Waals surface area contributed by atoms with E-state index in [9.17, 15) is 9.18 Å². The minimum atomic E-state index is -0.486. The lowest BCUT2D eigenvalue weighted by Crippen LogP contribution is -2.34. The molecule has 0 aromatic heterocycles. The maximum absolute atomic E-state index is 13.7. The summed E-state index contributed by atoms with van der Waals surface area (Å²) in [6.45, 7) is 5.12. The number of hydrogen-bond donors (Lipinski definition) is 1. The lowest BCUT2D eigenvalue weighted by molar-refractivity contribution is 0.0761. The molecule has 1 aliphatic heterocycles. The molecule has 2 rings (SSSR count). The molecular weight excluding hydrogens is 283 g/mol. The molecule has 0 bridgehead atoms. The normalized spacial score (nSPS) is 15.2. The van der Waals surface area contributed by atoms with Gasteiger partial charge in [-0.25, -0.2) is 4.39 Å². The van der Waals surface area contributed by atoms with Crippen LogP contribution in [0.1, 0.15) is 23.7 Å². The molecular formula is C14H20ClFN2O2. The highest BCUT2D eigenvalue weighted by Gasteiger charge is 2.22. The van der Waals surface area contributed by atoms with Crippen LogP contribution in [0.4, 0.5) is 4.39 Å². The fourth-order valence-electron chi connectivity index (χ4n) is 2.19. The summed E-state index contributed by atoms with van der Waals surface area (Å²) in [7, 11) is 0. The maximum atomic E-state index is 13.7. The molecule has 1 saturated heterocycles. The number of para-hydroxylation sites is 1. The van der Waals surface area contributed by atoms with E-state index in [1.54, 1.807) is 24.0 Å². The molecule has 6 heteroatoms. The predicted molar refractivity (Wildman–Crippen MR) is 78.2 cm³/mol. The van der Waals surface area contributed by atoms with Crippen LogP contribution in [0.25, 0.3) is 0 Å². The third-order valence-electron chi connectivity index (χ3n) is 3.11. The Morgan fingerprint density at radius 3 is 2.95 bits per heavy atom. The highest BCUT2D eigenvalue weighted by atomic mass is 35.5. The van der Waals surface area contributed by atoms with Crippen molar-refractivity contribution < 1.29 is 13.9 Å². The van der Waals surface area contributed by atoms with Gasteiger partial charge < -0.3 is 15.0 Å². The predicted octanol–water partition coefficient (Wildman–Crippen LogP) is 2.08. The second-order valence-corrected chi connectivity index (χ2v) is 4.45. The van der Waals surface area contributed by atoms with E-state index in [1.165, 1.54) is 6.07 Å². The Labute approximate surface area is 124 Å². The Hall–Kier alpha value is -1.33. The van der Waals surface area contributed by atoms with E-state index in [0.29, 0.717) is 25.3 Å². The number of nitrogens with zero attached hydrogens (tertiary/aromatic N) is 1. The molecule has 1 heterocycles. The minimum Gasteiger partial charge on any atom is -0.490 e. The zero-order chi connectivity index (χ0) is 13.7. The van der Waals surface area contributed by atoms with Crippen molar-refractivity contribution in [3.63, 3.8) is 0 Å². The molecule has 4 nitrogen and oxygen atoms in total. The van der Waals surface area contributed by atoms with Crippen LogP contribution in [0.5, 0.6) is 5.75 Å². The first-order valence-electron chi connectivity index (χ1n) is 6.65. The van der Waals surface area contributed by atoms with E-state index in [0.717, 1.165) is 19.5 Å². The van der Waals surface area contributed by atoms with Crippen molar-refractivity contribution in [3.8, 4) is 5.75 Å². The van der Waals surface area contributed by atoms with Crippen LogP contribution in [0.2, 0.25) is 0 Å². The Balaban J connectivity index is 0.00000200. The zero-order valence-electron chi connectivity index (χ0n) is 11.5. The van der Waals surface area contributed by atoms with Crippen LogP contribution in [-0.2, 0) is 0 Å². The number of ether oxygens (including phenoxy) is 1. The standard InChI is InChI=1S/C14H19FN2O2.ClH/c1-2-19-13-11(5-3-6-12(13)15)14(18)17-9-4-7-16-8-10-17;/h3,5-6,16H,2,4,7-10H2,1H3;1H. The van der Waals surface area contributed by atoms with E-state index < -0.39 is 5.82 Å². The van der Waals surface area contributed by atoms with Crippen LogP contribution < -0.4 is 10.1 Å². The van der Waals surface area contributed by atoms with Gasteiger partial charge in [0.2, 0.25) is 0 Å². The summed E-state index contributed by atoms with van der Waals surface area (Å²) in [5.74, 6) is -0.584. The molecule has 0 saturated carbocycles. The van der Waals surface area contributed by atoms with Gasteiger partial charge in [-0.1, -0.05) is 6.07 Å². The molecule has 0 aliphatic carbocycles. The van der Waals surface area contributed by atoms with E-state index in [1.807, 2.05) is 0 Å². The van der Waals surface area contributed by atoms with E-state index >= 15 is 0 Å². The van der Waals surface area contributed by atoms with E-state index in [-0.39, 0.29) is 24.1 Å². The molecule has 1 N–H and O–H groups in total. The smallest absolute Gasteiger partial charge is 0.257 e. The summed E-state index contributed by atoms with van der Waals surface area (Å²) in [5.41, 5.74) is 0.309. The molecule has 0 spiro atoms. The highest BCUT2D eigenvalue weighted by molar-refractivity contribution is 5.97. The Morgan fingerprint density at radius 2 is 2.20 bits per heavy atom. The average Bonchev–Trinajstić information content (AvgIpc) is 2.69. The van der Waals surface area contributed by atoms with Crippen LogP contribution in [0.15, 0.2) is 18.2 Å². The first-order valence-corrected chi connectivity index (χ1v) is 6.65. The van der Waals surface area contributed by atoms with Crippen molar-refractivity contribution in [2.24, 2.45) is 0 Å². The third-order valence-corrected chi connectivity index (χ3v) is 3.11. The molecule has 1 amide bonds. The van der Waals surface area contributed by atoms with Crippen molar-refractivity contribution in [2.75, 3.05) is 32.8 Å². The first-order chi connectivity index (χ1) is 9.24. The van der Waals surface area contributed by atoms with Gasteiger partial charge in [0, 0.05) is 19.6 Å². The topological polar surface area (TPSA) is 41.6 Å². The molecule has 1 fully saturated rings. The summed E-state index contributed by atoms with van der Waals surface area (Å²) in [6.07, 6.45) is 0.908. The molecule has 1 aliphatic rings. The third kappa shape index (κ3) is 3.84. The van der Waals surface area contributed by atoms with Crippen molar-refractivity contribution in [1.29, 1.82) is 0 Å². The molecule has 1 aromatic carbocycles. The van der Waals surface area contributed by atoms with Gasteiger partial charge in [-0.2, -0.15) is 0 Å². The largest absolute Gasteiger partial charge is 0.490 e. The number of benzene rings is 1. The van der Waals surface area contributed by atoms with Gasteiger partial charge in [-0.3, -0.25) is 4.79 Å². The van der Waals surface area contributed by atoms with Gasteiger partial charge >= 0.3 is 0 Å². The van der Waals surface area contributed by atoms with Gasteiger partial charge in [0.15, 0.2) is 11.6 Å². The summed E-state index contributed by atoms with van der Waals surface area (Å²) < 4.78 is 19.0. The summed E-state index contributed by atoms with van der Waals surface area (Å²) in [5, 5.41) is 3.24. The molecule has 0 radical (unpaired) electrons. The number of nitrogens with one attached hydrogen (secondary N) is 1. The van der Waals surface area contributed by atoms with Gasteiger partial charge in [0.25, 0.3) is 5.91 Å². The van der Waals surface area contributed by atoms with Gasteiger partial charge in [-0.15, -0.1) is 12.4 Å². The molecule has 112 valence electrons. The minimum absolute atomic E-state index is 0. The second kappa shape index (κ2) is 8.07. The molecule has 1 aromatic rings. The molecule has 20 heavy (non-hydrogen) atoms. The van der Waals surface area contributed by atoms with Gasteiger partial charge in [-0.05, 0) is 32.0 Å². The van der Waals surface area contributed by atoms with E-state index in [2.05, 4.69) is 5.32 Å². The fourth-order valence-corrected chi connectivity index (χ4v) is 2.19. The number of carbonyl (C=O) groups excluding carboxylic acids is 1.